The maximum absolute atomic E-state index is 11.6. The minimum absolute atomic E-state index is 0.0000709. The zero-order valence-electron chi connectivity index (χ0n) is 49.6. The fraction of sp³-hybridized carbons (Fsp3) is 0.561. The fourth-order valence-electron chi connectivity index (χ4n) is 6.15. The molecule has 29 nitrogen and oxygen atoms in total. The molecule has 2 aliphatic carbocycles. The van der Waals surface area contributed by atoms with E-state index in [2.05, 4.69) is 20.7 Å². The summed E-state index contributed by atoms with van der Waals surface area (Å²) in [5.41, 5.74) is 12.7. The molecule has 2 aliphatic rings. The van der Waals surface area contributed by atoms with Crippen molar-refractivity contribution >= 4 is 76.5 Å². The maximum Gasteiger partial charge on any atom is 0.309 e. The number of ether oxygens (including phenoxy) is 6. The lowest BCUT2D eigenvalue weighted by atomic mass is 10.1. The van der Waals surface area contributed by atoms with Crippen molar-refractivity contribution < 1.29 is 116 Å². The van der Waals surface area contributed by atoms with Gasteiger partial charge in [0.25, 0.3) is 5.97 Å². The fourth-order valence-corrected chi connectivity index (χ4v) is 6.15. The number of phenols is 2. The molecule has 0 atom stereocenters. The van der Waals surface area contributed by atoms with E-state index in [-0.39, 0.29) is 124 Å². The second-order valence-electron chi connectivity index (χ2n) is 18.0. The summed E-state index contributed by atoms with van der Waals surface area (Å²) in [7, 11) is 0. The average molecular weight is 1230 g/mol. The van der Waals surface area contributed by atoms with E-state index in [1.165, 1.54) is 33.3 Å². The number of hydrogen-bond donors (Lipinski definition) is 10. The Kier molecular flexibility index (Phi) is 51.2. The van der Waals surface area contributed by atoms with Crippen molar-refractivity contribution in [3.05, 3.63) is 59.7 Å². The van der Waals surface area contributed by atoms with Crippen LogP contribution in [-0.2, 0) is 104 Å². The number of Topliss-reactive ketones (excluding diaryl/α,β-unsaturated/α-hetero) is 5. The van der Waals surface area contributed by atoms with Gasteiger partial charge in [-0.2, -0.15) is 0 Å². The second kappa shape index (κ2) is 53.6. The van der Waals surface area contributed by atoms with Crippen LogP contribution >= 0.6 is 0 Å². The second-order valence-corrected chi connectivity index (χ2v) is 18.0. The number of benzene rings is 2. The van der Waals surface area contributed by atoms with Gasteiger partial charge in [0.15, 0.2) is 23.1 Å². The summed E-state index contributed by atoms with van der Waals surface area (Å²) >= 11 is 0. The topological polar surface area (TPSA) is 467 Å². The molecule has 0 bridgehead atoms. The molecule has 0 saturated heterocycles. The molecular formula is C57H87N5O24. The maximum atomic E-state index is 11.6. The number of phenolic OH excluding ortho intramolecular Hbond substituents is 2. The largest absolute Gasteiger partial charge is 0.508 e. The van der Waals surface area contributed by atoms with Gasteiger partial charge >= 0.3 is 23.9 Å². The molecule has 484 valence electrons. The molecule has 0 aromatic heterocycles. The number of aryl methyl sites for hydroxylation is 1. The molecule has 2 fully saturated rings. The first-order valence-corrected chi connectivity index (χ1v) is 27.3. The Labute approximate surface area is 499 Å². The van der Waals surface area contributed by atoms with E-state index in [9.17, 15) is 57.5 Å². The van der Waals surface area contributed by atoms with E-state index in [4.69, 9.17) is 65.5 Å². The van der Waals surface area contributed by atoms with E-state index >= 15 is 0 Å². The van der Waals surface area contributed by atoms with Crippen molar-refractivity contribution in [3.8, 4) is 11.5 Å². The number of carboxylic acid groups (broad SMARTS) is 3. The van der Waals surface area contributed by atoms with Gasteiger partial charge in [-0.05, 0) is 61.2 Å². The predicted molar refractivity (Wildman–Crippen MR) is 306 cm³/mol. The molecule has 2 saturated carbocycles. The number of carbonyl (C=O) groups is 13. The summed E-state index contributed by atoms with van der Waals surface area (Å²) in [6, 6.07) is 14.1. The van der Waals surface area contributed by atoms with E-state index < -0.39 is 42.1 Å². The summed E-state index contributed by atoms with van der Waals surface area (Å²) in [6.07, 6.45) is 1.86. The first-order valence-electron chi connectivity index (χ1n) is 27.3. The van der Waals surface area contributed by atoms with Crippen LogP contribution < -0.4 is 27.4 Å². The van der Waals surface area contributed by atoms with Crippen molar-refractivity contribution in [2.75, 3.05) is 85.6 Å². The number of carboxylic acids is 3. The highest BCUT2D eigenvalue weighted by Crippen LogP contribution is 2.16. The Morgan fingerprint density at radius 3 is 1.13 bits per heavy atom. The van der Waals surface area contributed by atoms with E-state index in [1.54, 1.807) is 24.3 Å². The van der Waals surface area contributed by atoms with Crippen molar-refractivity contribution in [1.29, 1.82) is 0 Å². The van der Waals surface area contributed by atoms with Crippen molar-refractivity contribution in [2.24, 2.45) is 11.5 Å². The third-order valence-electron chi connectivity index (χ3n) is 10.2. The number of nitrogens with two attached hydrogens (primary N) is 2. The number of nitrogens with one attached hydrogen (secondary N) is 3. The van der Waals surface area contributed by atoms with Crippen LogP contribution in [0.3, 0.4) is 0 Å². The summed E-state index contributed by atoms with van der Waals surface area (Å²) < 4.78 is 29.3. The van der Waals surface area contributed by atoms with Crippen LogP contribution in [0.15, 0.2) is 48.5 Å². The van der Waals surface area contributed by atoms with Crippen molar-refractivity contribution in [2.45, 2.75) is 124 Å². The Bertz CT molecular complexity index is 2300. The molecule has 0 unspecified atom stereocenters. The van der Waals surface area contributed by atoms with E-state index in [1.807, 2.05) is 24.3 Å². The average Bonchev–Trinajstić information content (AvgIpc) is 4.19. The number of amides is 3. The number of aromatic hydroxyl groups is 2. The van der Waals surface area contributed by atoms with Crippen LogP contribution in [0.1, 0.15) is 110 Å². The summed E-state index contributed by atoms with van der Waals surface area (Å²) in [5.74, 6) is -4.62. The molecule has 3 amide bonds. The number of rotatable bonds is 31. The van der Waals surface area contributed by atoms with Crippen LogP contribution in [-0.4, -0.2) is 200 Å². The molecule has 86 heavy (non-hydrogen) atoms. The summed E-state index contributed by atoms with van der Waals surface area (Å²) in [5, 5.41) is 49.5. The van der Waals surface area contributed by atoms with Gasteiger partial charge < -0.3 is 81.4 Å². The SMILES string of the molecule is CC(=O)NCCOCCC(=O)CCCc1ccc(O)cc1.CC(=O)NCCOCCC(=O)O.CC(=O)NCCOCCC(=O)OC1C(=O)CCC1=O.CC(=O)O.CC(=O)OC1C(=O)CCC1=O.NCCOCCC(=O)O.NCCc1ccc(O)cc1. The lowest BCUT2D eigenvalue weighted by Gasteiger charge is -2.09. The van der Waals surface area contributed by atoms with Gasteiger partial charge in [0, 0.05) is 99.3 Å². The number of carbonyl (C=O) groups excluding carboxylic acids is 10. The zero-order valence-corrected chi connectivity index (χ0v) is 49.6. The standard InChI is InChI=1S/C16H23NO4.C12H17NO6.C8H11NO.C7H13NO4.C7H8O4.C5H11NO3.C2H4O2/c1-13(18)17-10-12-21-11-9-15(19)4-2-3-14-5-7-16(20)8-6-14;1-8(14)13-5-7-18-6-4-11(17)19-12-9(15)2-3-10(12)16;9-6-5-7-1-3-8(10)4-2-7;1-6(9)8-3-5-12-4-2-7(10)11;1-4(8)11-7-5(9)2-3-6(7)10;6-2-4-9-3-1-5(7)8;1-2(3)4/h5-8,20H,2-4,9-12H2,1H3,(H,17,18);12H,2-7H2,1H3,(H,13,14);1-4,10H,5-6,9H2;2-5H2,1H3,(H,8,9)(H,10,11);7H,2-3H2,1H3;1-4,6H2,(H,7,8);1H3,(H,3,4). The van der Waals surface area contributed by atoms with E-state index in [0.29, 0.717) is 77.7 Å². The van der Waals surface area contributed by atoms with Gasteiger partial charge in [-0.15, -0.1) is 0 Å². The molecule has 0 aliphatic heterocycles. The first kappa shape index (κ1) is 82.1. The lowest BCUT2D eigenvalue weighted by molar-refractivity contribution is -0.158. The van der Waals surface area contributed by atoms with Crippen LogP contribution in [0.25, 0.3) is 0 Å². The summed E-state index contributed by atoms with van der Waals surface area (Å²) in [6.45, 7) is 11.4. The number of ketones is 5. The normalized spacial score (nSPS) is 12.1. The van der Waals surface area contributed by atoms with Gasteiger partial charge in [-0.1, -0.05) is 24.3 Å². The molecule has 29 heteroatoms. The van der Waals surface area contributed by atoms with Crippen LogP contribution in [0.2, 0.25) is 0 Å². The molecule has 12 N–H and O–H groups in total. The minimum Gasteiger partial charge on any atom is -0.508 e. The third kappa shape index (κ3) is 55.1. The smallest absolute Gasteiger partial charge is 0.309 e. The number of esters is 2. The Balaban J connectivity index is -0.000000974. The predicted octanol–water partition coefficient (Wildman–Crippen LogP) is 1.08. The quantitative estimate of drug-likeness (QED) is 0.0287. The van der Waals surface area contributed by atoms with Gasteiger partial charge in [-0.3, -0.25) is 62.3 Å². The molecule has 2 aromatic carbocycles. The third-order valence-corrected chi connectivity index (χ3v) is 10.2. The Hall–Kier alpha value is -8.09. The molecule has 4 rings (SSSR count). The molecule has 0 spiro atoms. The monoisotopic (exact) mass is 1230 g/mol. The highest BCUT2D eigenvalue weighted by atomic mass is 16.6. The number of aliphatic carboxylic acids is 3. The zero-order chi connectivity index (χ0) is 65.7. The van der Waals surface area contributed by atoms with E-state index in [0.717, 1.165) is 31.7 Å². The van der Waals surface area contributed by atoms with Gasteiger partial charge in [0.2, 0.25) is 29.9 Å². The molecule has 0 radical (unpaired) electrons. The van der Waals surface area contributed by atoms with Crippen molar-refractivity contribution in [1.82, 2.24) is 16.0 Å². The molecule has 2 aromatic rings. The van der Waals surface area contributed by atoms with Crippen LogP contribution in [0.4, 0.5) is 0 Å². The lowest BCUT2D eigenvalue weighted by Crippen LogP contribution is -2.29. The van der Waals surface area contributed by atoms with Crippen LogP contribution in [0, 0.1) is 0 Å². The molecular weight excluding hydrogens is 1140 g/mol. The first-order chi connectivity index (χ1) is 40.6. The highest BCUT2D eigenvalue weighted by molar-refractivity contribution is 6.13. The number of hydrogen-bond acceptors (Lipinski definition) is 23. The van der Waals surface area contributed by atoms with Gasteiger partial charge in [0.1, 0.15) is 17.3 Å². The Morgan fingerprint density at radius 2 is 0.791 bits per heavy atom. The van der Waals surface area contributed by atoms with Gasteiger partial charge in [0.05, 0.1) is 72.1 Å². The van der Waals surface area contributed by atoms with Crippen molar-refractivity contribution in [3.63, 3.8) is 0 Å². The van der Waals surface area contributed by atoms with Crippen LogP contribution in [0.5, 0.6) is 11.5 Å². The molecule has 0 heterocycles. The van der Waals surface area contributed by atoms with Gasteiger partial charge in [-0.25, -0.2) is 0 Å². The minimum atomic E-state index is -1.22. The summed E-state index contributed by atoms with van der Waals surface area (Å²) in [4.78, 5) is 138. The highest BCUT2D eigenvalue weighted by Gasteiger charge is 2.36. The Morgan fingerprint density at radius 1 is 0.453 bits per heavy atom.